The summed E-state index contributed by atoms with van der Waals surface area (Å²) in [5.74, 6) is 0. The Kier molecular flexibility index (Phi) is 2.34. The van der Waals surface area contributed by atoms with Crippen LogP contribution in [0.25, 0.3) is 0 Å². The van der Waals surface area contributed by atoms with Crippen LogP contribution in [0.4, 0.5) is 0 Å². The summed E-state index contributed by atoms with van der Waals surface area (Å²) in [6, 6.07) is 6.57. The van der Waals surface area contributed by atoms with Crippen molar-refractivity contribution < 1.29 is 4.74 Å². The van der Waals surface area contributed by atoms with E-state index in [0.29, 0.717) is 0 Å². The molecular formula is C11H15NO. The fourth-order valence-corrected chi connectivity index (χ4v) is 1.67. The van der Waals surface area contributed by atoms with Gasteiger partial charge in [-0.2, -0.15) is 0 Å². The fraction of sp³-hybridized carbons (Fsp3) is 0.455. The van der Waals surface area contributed by atoms with Gasteiger partial charge in [-0.25, -0.2) is 0 Å². The van der Waals surface area contributed by atoms with Gasteiger partial charge in [0.25, 0.3) is 0 Å². The molecule has 1 heterocycles. The summed E-state index contributed by atoms with van der Waals surface area (Å²) in [5, 5.41) is 0. The molecule has 0 fully saturated rings. The number of hydrogen-bond donors (Lipinski definition) is 1. The van der Waals surface area contributed by atoms with Crippen LogP contribution in [-0.2, 0) is 17.8 Å². The van der Waals surface area contributed by atoms with E-state index in [2.05, 4.69) is 18.2 Å². The van der Waals surface area contributed by atoms with Gasteiger partial charge in [-0.15, -0.1) is 0 Å². The molecule has 1 aliphatic heterocycles. The zero-order valence-corrected chi connectivity index (χ0v) is 7.92. The molecule has 0 saturated heterocycles. The van der Waals surface area contributed by atoms with Gasteiger partial charge in [0.05, 0.1) is 13.2 Å². The van der Waals surface area contributed by atoms with Gasteiger partial charge in [0, 0.05) is 6.04 Å². The second-order valence-electron chi connectivity index (χ2n) is 3.62. The highest BCUT2D eigenvalue weighted by molar-refractivity contribution is 5.34. The highest BCUT2D eigenvalue weighted by Gasteiger charge is 2.10. The molecule has 70 valence electrons. The van der Waals surface area contributed by atoms with Crippen LogP contribution in [0, 0.1) is 0 Å². The molecule has 0 aromatic heterocycles. The molecule has 1 aliphatic rings. The lowest BCUT2D eigenvalue weighted by Crippen LogP contribution is -2.12. The van der Waals surface area contributed by atoms with E-state index in [1.165, 1.54) is 16.7 Å². The Balaban J connectivity index is 2.35. The standard InChI is InChI=1S/C11H15NO/c1-8(12)9-2-3-11-7-13-5-4-10(11)6-9/h2-3,6,8H,4-5,7,12H2,1H3/t8-/m1/s1. The number of nitrogens with two attached hydrogens (primary N) is 1. The topological polar surface area (TPSA) is 35.2 Å². The zero-order chi connectivity index (χ0) is 9.26. The van der Waals surface area contributed by atoms with Gasteiger partial charge in [0.2, 0.25) is 0 Å². The monoisotopic (exact) mass is 177 g/mol. The van der Waals surface area contributed by atoms with Crippen molar-refractivity contribution in [1.82, 2.24) is 0 Å². The summed E-state index contributed by atoms with van der Waals surface area (Å²) in [5.41, 5.74) is 9.76. The molecule has 2 N–H and O–H groups in total. The molecule has 0 saturated carbocycles. The fourth-order valence-electron chi connectivity index (χ4n) is 1.67. The third-order valence-corrected chi connectivity index (χ3v) is 2.53. The van der Waals surface area contributed by atoms with E-state index in [1.807, 2.05) is 6.92 Å². The van der Waals surface area contributed by atoms with Crippen molar-refractivity contribution in [3.63, 3.8) is 0 Å². The maximum Gasteiger partial charge on any atom is 0.0719 e. The third kappa shape index (κ3) is 1.74. The smallest absolute Gasteiger partial charge is 0.0719 e. The normalized spacial score (nSPS) is 18.0. The van der Waals surface area contributed by atoms with Gasteiger partial charge in [-0.3, -0.25) is 0 Å². The molecule has 2 nitrogen and oxygen atoms in total. The van der Waals surface area contributed by atoms with Crippen LogP contribution in [0.15, 0.2) is 18.2 Å². The number of fused-ring (bicyclic) bond motifs is 1. The van der Waals surface area contributed by atoms with E-state index in [-0.39, 0.29) is 6.04 Å². The SMILES string of the molecule is C[C@@H](N)c1ccc2c(c1)CCOC2. The number of rotatable bonds is 1. The lowest BCUT2D eigenvalue weighted by molar-refractivity contribution is 0.110. The van der Waals surface area contributed by atoms with E-state index in [0.717, 1.165) is 19.6 Å². The molecule has 0 radical (unpaired) electrons. The molecular weight excluding hydrogens is 162 g/mol. The molecule has 2 rings (SSSR count). The van der Waals surface area contributed by atoms with Crippen molar-refractivity contribution in [3.8, 4) is 0 Å². The molecule has 1 aromatic rings. The largest absolute Gasteiger partial charge is 0.376 e. The maximum absolute atomic E-state index is 5.82. The van der Waals surface area contributed by atoms with Crippen LogP contribution < -0.4 is 5.73 Å². The van der Waals surface area contributed by atoms with Crippen LogP contribution in [0.3, 0.4) is 0 Å². The van der Waals surface area contributed by atoms with E-state index in [9.17, 15) is 0 Å². The summed E-state index contributed by atoms with van der Waals surface area (Å²) in [6.45, 7) is 3.62. The van der Waals surface area contributed by atoms with Gasteiger partial charge < -0.3 is 10.5 Å². The second kappa shape index (κ2) is 3.48. The molecule has 2 heteroatoms. The molecule has 13 heavy (non-hydrogen) atoms. The molecule has 1 aromatic carbocycles. The van der Waals surface area contributed by atoms with Crippen LogP contribution >= 0.6 is 0 Å². The first-order chi connectivity index (χ1) is 6.27. The van der Waals surface area contributed by atoms with Gasteiger partial charge in [0.15, 0.2) is 0 Å². The van der Waals surface area contributed by atoms with E-state index in [4.69, 9.17) is 10.5 Å². The third-order valence-electron chi connectivity index (χ3n) is 2.53. The first-order valence-electron chi connectivity index (χ1n) is 4.72. The predicted octanol–water partition coefficient (Wildman–Crippen LogP) is 1.78. The summed E-state index contributed by atoms with van der Waals surface area (Å²) in [6.07, 6.45) is 1.02. The van der Waals surface area contributed by atoms with Gasteiger partial charge in [-0.05, 0) is 30.0 Å². The lowest BCUT2D eigenvalue weighted by Gasteiger charge is -2.18. The minimum atomic E-state index is 0.133. The van der Waals surface area contributed by atoms with Gasteiger partial charge in [0.1, 0.15) is 0 Å². The van der Waals surface area contributed by atoms with Crippen molar-refractivity contribution in [1.29, 1.82) is 0 Å². The Morgan fingerprint density at radius 3 is 3.00 bits per heavy atom. The summed E-state index contributed by atoms with van der Waals surface area (Å²) < 4.78 is 5.37. The Morgan fingerprint density at radius 2 is 2.23 bits per heavy atom. The van der Waals surface area contributed by atoms with Crippen molar-refractivity contribution in [3.05, 3.63) is 34.9 Å². The predicted molar refractivity (Wildman–Crippen MR) is 52.4 cm³/mol. The van der Waals surface area contributed by atoms with Crippen molar-refractivity contribution >= 4 is 0 Å². The molecule has 0 amide bonds. The highest BCUT2D eigenvalue weighted by Crippen LogP contribution is 2.20. The molecule has 1 atom stereocenters. The summed E-state index contributed by atoms with van der Waals surface area (Å²) in [7, 11) is 0. The Labute approximate surface area is 78.7 Å². The van der Waals surface area contributed by atoms with Crippen molar-refractivity contribution in [2.24, 2.45) is 5.73 Å². The average Bonchev–Trinajstić information content (AvgIpc) is 2.17. The Morgan fingerprint density at radius 1 is 1.38 bits per heavy atom. The highest BCUT2D eigenvalue weighted by atomic mass is 16.5. The molecule has 0 aliphatic carbocycles. The Hall–Kier alpha value is -0.860. The minimum absolute atomic E-state index is 0.133. The zero-order valence-electron chi connectivity index (χ0n) is 7.92. The van der Waals surface area contributed by atoms with Crippen LogP contribution in [0.1, 0.15) is 29.7 Å². The second-order valence-corrected chi connectivity index (χ2v) is 3.62. The van der Waals surface area contributed by atoms with E-state index < -0.39 is 0 Å². The van der Waals surface area contributed by atoms with Gasteiger partial charge >= 0.3 is 0 Å². The lowest BCUT2D eigenvalue weighted by atomic mass is 9.98. The Bertz CT molecular complexity index is 307. The quantitative estimate of drug-likeness (QED) is 0.709. The van der Waals surface area contributed by atoms with E-state index >= 15 is 0 Å². The molecule has 0 unspecified atom stereocenters. The molecule has 0 spiro atoms. The van der Waals surface area contributed by atoms with Crippen molar-refractivity contribution in [2.75, 3.05) is 6.61 Å². The van der Waals surface area contributed by atoms with Crippen LogP contribution in [0.2, 0.25) is 0 Å². The van der Waals surface area contributed by atoms with Crippen molar-refractivity contribution in [2.45, 2.75) is 26.0 Å². The first-order valence-corrected chi connectivity index (χ1v) is 4.72. The number of ether oxygens (including phenoxy) is 1. The average molecular weight is 177 g/mol. The molecule has 0 bridgehead atoms. The summed E-state index contributed by atoms with van der Waals surface area (Å²) >= 11 is 0. The number of benzene rings is 1. The van der Waals surface area contributed by atoms with Crippen LogP contribution in [-0.4, -0.2) is 6.61 Å². The van der Waals surface area contributed by atoms with E-state index in [1.54, 1.807) is 0 Å². The maximum atomic E-state index is 5.82. The minimum Gasteiger partial charge on any atom is -0.376 e. The van der Waals surface area contributed by atoms with Crippen LogP contribution in [0.5, 0.6) is 0 Å². The summed E-state index contributed by atoms with van der Waals surface area (Å²) in [4.78, 5) is 0. The first kappa shape index (κ1) is 8.73. The number of hydrogen-bond acceptors (Lipinski definition) is 2. The van der Waals surface area contributed by atoms with Gasteiger partial charge in [-0.1, -0.05) is 18.2 Å².